The Kier molecular flexibility index (Phi) is 1.51. The number of nitrogens with zero attached hydrogens (tertiary/aromatic N) is 3. The van der Waals surface area contributed by atoms with E-state index in [0.29, 0.717) is 5.69 Å². The molecule has 0 aliphatic rings. The fourth-order valence-electron chi connectivity index (χ4n) is 1.09. The molecule has 0 saturated carbocycles. The van der Waals surface area contributed by atoms with Crippen LogP contribution >= 0.6 is 0 Å². The number of hydrogen-bond donors (Lipinski definition) is 0. The fraction of sp³-hybridized carbons (Fsp3) is 0. The summed E-state index contributed by atoms with van der Waals surface area (Å²) in [7, 11) is 0. The summed E-state index contributed by atoms with van der Waals surface area (Å²) in [6.07, 6.45) is 3.14. The first kappa shape index (κ1) is 6.84. The Morgan fingerprint density at radius 2 is 2.00 bits per heavy atom. The van der Waals surface area contributed by atoms with E-state index in [-0.39, 0.29) is 0 Å². The van der Waals surface area contributed by atoms with Crippen LogP contribution in [0.4, 0.5) is 5.69 Å². The molecule has 0 spiro atoms. The number of nitroso groups, excluding NO2 is 1. The summed E-state index contributed by atoms with van der Waals surface area (Å²) < 4.78 is 0. The van der Waals surface area contributed by atoms with E-state index >= 15 is 0 Å². The molecule has 1 aromatic heterocycles. The molecular formula is C8H5N3O. The van der Waals surface area contributed by atoms with Crippen LogP contribution in [0.3, 0.4) is 0 Å². The summed E-state index contributed by atoms with van der Waals surface area (Å²) in [6, 6.07) is 5.27. The van der Waals surface area contributed by atoms with Crippen LogP contribution in [0.15, 0.2) is 35.8 Å². The zero-order valence-corrected chi connectivity index (χ0v) is 6.14. The maximum atomic E-state index is 10.3. The van der Waals surface area contributed by atoms with Crippen molar-refractivity contribution in [2.24, 2.45) is 5.18 Å². The van der Waals surface area contributed by atoms with E-state index in [1.54, 1.807) is 18.3 Å². The highest BCUT2D eigenvalue weighted by Crippen LogP contribution is 2.23. The summed E-state index contributed by atoms with van der Waals surface area (Å²) in [6.45, 7) is 0. The van der Waals surface area contributed by atoms with E-state index in [0.717, 1.165) is 10.8 Å². The third-order valence-electron chi connectivity index (χ3n) is 1.67. The van der Waals surface area contributed by atoms with E-state index in [1.807, 2.05) is 6.07 Å². The van der Waals surface area contributed by atoms with Gasteiger partial charge in [0.1, 0.15) is 5.69 Å². The van der Waals surface area contributed by atoms with Gasteiger partial charge in [-0.05, 0) is 11.2 Å². The smallest absolute Gasteiger partial charge is 0.117 e. The van der Waals surface area contributed by atoms with Crippen molar-refractivity contribution < 1.29 is 0 Å². The Morgan fingerprint density at radius 1 is 1.17 bits per heavy atom. The summed E-state index contributed by atoms with van der Waals surface area (Å²) >= 11 is 0. The van der Waals surface area contributed by atoms with Gasteiger partial charge in [0, 0.05) is 10.8 Å². The zero-order valence-electron chi connectivity index (χ0n) is 6.14. The van der Waals surface area contributed by atoms with Crippen molar-refractivity contribution >= 4 is 16.5 Å². The van der Waals surface area contributed by atoms with Gasteiger partial charge in [-0.2, -0.15) is 10.2 Å². The Labute approximate surface area is 68.2 Å². The van der Waals surface area contributed by atoms with Crippen molar-refractivity contribution in [2.75, 3.05) is 0 Å². The summed E-state index contributed by atoms with van der Waals surface area (Å²) in [4.78, 5) is 10.3. The largest absolute Gasteiger partial charge is 0.158 e. The standard InChI is InChI=1S/C8H5N3O/c12-11-8-3-1-2-6-4-9-10-5-7(6)8/h1-5H. The maximum absolute atomic E-state index is 10.3. The van der Waals surface area contributed by atoms with Gasteiger partial charge in [-0.25, -0.2) is 0 Å². The van der Waals surface area contributed by atoms with Crippen LogP contribution in [0.5, 0.6) is 0 Å². The van der Waals surface area contributed by atoms with Crippen LogP contribution < -0.4 is 0 Å². The first-order valence-electron chi connectivity index (χ1n) is 3.44. The molecule has 2 aromatic rings. The number of rotatable bonds is 1. The van der Waals surface area contributed by atoms with Crippen LogP contribution in [0.1, 0.15) is 0 Å². The first-order chi connectivity index (χ1) is 5.92. The summed E-state index contributed by atoms with van der Waals surface area (Å²) in [5.74, 6) is 0. The monoisotopic (exact) mass is 159 g/mol. The van der Waals surface area contributed by atoms with Crippen molar-refractivity contribution in [3.8, 4) is 0 Å². The topological polar surface area (TPSA) is 55.2 Å². The molecule has 12 heavy (non-hydrogen) atoms. The van der Waals surface area contributed by atoms with Crippen LogP contribution in [-0.4, -0.2) is 10.2 Å². The maximum Gasteiger partial charge on any atom is 0.117 e. The van der Waals surface area contributed by atoms with Gasteiger partial charge in [0.15, 0.2) is 0 Å². The van der Waals surface area contributed by atoms with Crippen LogP contribution in [0, 0.1) is 4.91 Å². The van der Waals surface area contributed by atoms with Crippen molar-refractivity contribution in [3.05, 3.63) is 35.5 Å². The summed E-state index contributed by atoms with van der Waals surface area (Å²) in [5, 5.41) is 11.9. The number of hydrogen-bond acceptors (Lipinski definition) is 4. The normalized spacial score (nSPS) is 10.0. The second kappa shape index (κ2) is 2.65. The molecule has 0 aliphatic carbocycles. The van der Waals surface area contributed by atoms with Gasteiger partial charge in [-0.15, -0.1) is 4.91 Å². The lowest BCUT2D eigenvalue weighted by Crippen LogP contribution is -1.79. The average molecular weight is 159 g/mol. The third-order valence-corrected chi connectivity index (χ3v) is 1.67. The molecule has 0 atom stereocenters. The molecule has 0 amide bonds. The van der Waals surface area contributed by atoms with Gasteiger partial charge in [0.05, 0.1) is 12.4 Å². The minimum atomic E-state index is 0.405. The highest BCUT2D eigenvalue weighted by Gasteiger charge is 1.99. The van der Waals surface area contributed by atoms with Crippen LogP contribution in [0.2, 0.25) is 0 Å². The minimum Gasteiger partial charge on any atom is -0.158 e. The number of benzene rings is 1. The second-order valence-corrected chi connectivity index (χ2v) is 2.36. The number of fused-ring (bicyclic) bond motifs is 1. The Bertz CT molecular complexity index is 422. The minimum absolute atomic E-state index is 0.405. The van der Waals surface area contributed by atoms with E-state index in [1.165, 1.54) is 6.20 Å². The zero-order chi connectivity index (χ0) is 8.39. The lowest BCUT2D eigenvalue weighted by Gasteiger charge is -1.95. The number of aromatic nitrogens is 2. The SMILES string of the molecule is O=Nc1cccc2cnncc12. The van der Waals surface area contributed by atoms with Crippen LogP contribution in [0.25, 0.3) is 10.8 Å². The molecule has 0 saturated heterocycles. The molecule has 1 aromatic carbocycles. The first-order valence-corrected chi connectivity index (χ1v) is 3.44. The quantitative estimate of drug-likeness (QED) is 0.598. The Balaban J connectivity index is 2.88. The molecular weight excluding hydrogens is 154 g/mol. The molecule has 58 valence electrons. The molecule has 0 bridgehead atoms. The lowest BCUT2D eigenvalue weighted by atomic mass is 10.2. The van der Waals surface area contributed by atoms with Gasteiger partial charge in [0.25, 0.3) is 0 Å². The molecule has 4 heteroatoms. The van der Waals surface area contributed by atoms with E-state index in [4.69, 9.17) is 0 Å². The fourth-order valence-corrected chi connectivity index (χ4v) is 1.09. The molecule has 0 N–H and O–H groups in total. The van der Waals surface area contributed by atoms with E-state index in [9.17, 15) is 4.91 Å². The average Bonchev–Trinajstić information content (AvgIpc) is 2.17. The van der Waals surface area contributed by atoms with E-state index < -0.39 is 0 Å². The van der Waals surface area contributed by atoms with Gasteiger partial charge in [-0.1, -0.05) is 12.1 Å². The molecule has 2 rings (SSSR count). The van der Waals surface area contributed by atoms with Crippen molar-refractivity contribution in [1.29, 1.82) is 0 Å². The van der Waals surface area contributed by atoms with Gasteiger partial charge in [0.2, 0.25) is 0 Å². The Hall–Kier alpha value is -1.84. The lowest BCUT2D eigenvalue weighted by molar-refractivity contribution is 1.05. The van der Waals surface area contributed by atoms with Gasteiger partial charge >= 0.3 is 0 Å². The third kappa shape index (κ3) is 0.934. The predicted molar refractivity (Wildman–Crippen MR) is 45.0 cm³/mol. The second-order valence-electron chi connectivity index (χ2n) is 2.36. The molecule has 0 fully saturated rings. The van der Waals surface area contributed by atoms with Crippen molar-refractivity contribution in [3.63, 3.8) is 0 Å². The summed E-state index contributed by atoms with van der Waals surface area (Å²) in [5.41, 5.74) is 0.405. The van der Waals surface area contributed by atoms with Gasteiger partial charge in [-0.3, -0.25) is 0 Å². The molecule has 1 heterocycles. The molecule has 0 radical (unpaired) electrons. The Morgan fingerprint density at radius 3 is 2.83 bits per heavy atom. The van der Waals surface area contributed by atoms with Crippen molar-refractivity contribution in [2.45, 2.75) is 0 Å². The van der Waals surface area contributed by atoms with E-state index in [2.05, 4.69) is 15.4 Å². The van der Waals surface area contributed by atoms with Crippen molar-refractivity contribution in [1.82, 2.24) is 10.2 Å². The van der Waals surface area contributed by atoms with Gasteiger partial charge < -0.3 is 0 Å². The highest BCUT2D eigenvalue weighted by molar-refractivity contribution is 5.90. The molecule has 4 nitrogen and oxygen atoms in total. The highest BCUT2D eigenvalue weighted by atomic mass is 16.3. The predicted octanol–water partition coefficient (Wildman–Crippen LogP) is 2.03. The molecule has 0 aliphatic heterocycles. The molecule has 0 unspecified atom stereocenters. The van der Waals surface area contributed by atoms with Crippen LogP contribution in [-0.2, 0) is 0 Å².